The third-order valence-electron chi connectivity index (χ3n) is 2.67. The van der Waals surface area contributed by atoms with E-state index in [4.69, 9.17) is 0 Å². The highest BCUT2D eigenvalue weighted by Crippen LogP contribution is 2.15. The number of hydrogen-bond acceptors (Lipinski definition) is 2. The van der Waals surface area contributed by atoms with Gasteiger partial charge >= 0.3 is 0 Å². The van der Waals surface area contributed by atoms with Gasteiger partial charge in [0.2, 0.25) is 0 Å². The van der Waals surface area contributed by atoms with Crippen molar-refractivity contribution in [2.45, 2.75) is 20.3 Å². The van der Waals surface area contributed by atoms with Crippen LogP contribution in [0.15, 0.2) is 12.4 Å². The standard InChI is InChI=1S/C11H21N3/c1-9(2)11(7-12-3)5-10-6-13-14(4)8-10/h6,8-9,11-12H,5,7H2,1-4H3. The van der Waals surface area contributed by atoms with Gasteiger partial charge in [0.15, 0.2) is 0 Å². The second-order valence-corrected chi connectivity index (χ2v) is 4.29. The van der Waals surface area contributed by atoms with Crippen molar-refractivity contribution in [1.29, 1.82) is 0 Å². The summed E-state index contributed by atoms with van der Waals surface area (Å²) in [7, 11) is 3.98. The summed E-state index contributed by atoms with van der Waals surface area (Å²) < 4.78 is 1.87. The minimum absolute atomic E-state index is 0.698. The Morgan fingerprint density at radius 3 is 2.64 bits per heavy atom. The Balaban J connectivity index is 2.55. The SMILES string of the molecule is CNCC(Cc1cnn(C)c1)C(C)C. The van der Waals surface area contributed by atoms with E-state index >= 15 is 0 Å². The van der Waals surface area contributed by atoms with E-state index in [9.17, 15) is 0 Å². The van der Waals surface area contributed by atoms with E-state index in [1.54, 1.807) is 0 Å². The molecule has 0 saturated carbocycles. The third kappa shape index (κ3) is 3.14. The topological polar surface area (TPSA) is 29.9 Å². The lowest BCUT2D eigenvalue weighted by Gasteiger charge is -2.19. The fourth-order valence-electron chi connectivity index (χ4n) is 1.69. The van der Waals surface area contributed by atoms with Crippen molar-refractivity contribution in [1.82, 2.24) is 15.1 Å². The molecular weight excluding hydrogens is 174 g/mol. The van der Waals surface area contributed by atoms with Gasteiger partial charge in [0.25, 0.3) is 0 Å². The summed E-state index contributed by atoms with van der Waals surface area (Å²) in [6.07, 6.45) is 5.18. The molecule has 0 aliphatic carbocycles. The highest BCUT2D eigenvalue weighted by molar-refractivity contribution is 5.05. The van der Waals surface area contributed by atoms with Crippen molar-refractivity contribution in [3.63, 3.8) is 0 Å². The highest BCUT2D eigenvalue weighted by atomic mass is 15.2. The van der Waals surface area contributed by atoms with Crippen LogP contribution < -0.4 is 5.32 Å². The molecule has 0 radical (unpaired) electrons. The highest BCUT2D eigenvalue weighted by Gasteiger charge is 2.13. The number of hydrogen-bond donors (Lipinski definition) is 1. The summed E-state index contributed by atoms with van der Waals surface area (Å²) >= 11 is 0. The fourth-order valence-corrected chi connectivity index (χ4v) is 1.69. The lowest BCUT2D eigenvalue weighted by atomic mass is 9.90. The summed E-state index contributed by atoms with van der Waals surface area (Å²) in [6.45, 7) is 5.63. The molecule has 0 aromatic carbocycles. The molecule has 1 N–H and O–H groups in total. The summed E-state index contributed by atoms with van der Waals surface area (Å²) in [6, 6.07) is 0. The van der Waals surface area contributed by atoms with E-state index in [0.717, 1.165) is 13.0 Å². The fraction of sp³-hybridized carbons (Fsp3) is 0.727. The monoisotopic (exact) mass is 195 g/mol. The molecule has 0 saturated heterocycles. The van der Waals surface area contributed by atoms with Crippen LogP contribution in [0, 0.1) is 11.8 Å². The van der Waals surface area contributed by atoms with Crippen LogP contribution in [-0.4, -0.2) is 23.4 Å². The van der Waals surface area contributed by atoms with E-state index in [-0.39, 0.29) is 0 Å². The van der Waals surface area contributed by atoms with Crippen LogP contribution in [0.2, 0.25) is 0 Å². The second kappa shape index (κ2) is 5.15. The molecule has 1 aromatic heterocycles. The van der Waals surface area contributed by atoms with Crippen molar-refractivity contribution < 1.29 is 0 Å². The van der Waals surface area contributed by atoms with Crippen molar-refractivity contribution in [3.8, 4) is 0 Å². The summed E-state index contributed by atoms with van der Waals surface area (Å²) in [5.41, 5.74) is 1.33. The van der Waals surface area contributed by atoms with Crippen molar-refractivity contribution in [2.24, 2.45) is 18.9 Å². The zero-order chi connectivity index (χ0) is 10.6. The molecular formula is C11H21N3. The van der Waals surface area contributed by atoms with Crippen LogP contribution >= 0.6 is 0 Å². The van der Waals surface area contributed by atoms with Crippen LogP contribution in [0.3, 0.4) is 0 Å². The van der Waals surface area contributed by atoms with Crippen molar-refractivity contribution in [2.75, 3.05) is 13.6 Å². The number of aromatic nitrogens is 2. The van der Waals surface area contributed by atoms with Crippen LogP contribution in [0.1, 0.15) is 19.4 Å². The van der Waals surface area contributed by atoms with Crippen molar-refractivity contribution in [3.05, 3.63) is 18.0 Å². The lowest BCUT2D eigenvalue weighted by Crippen LogP contribution is -2.24. The van der Waals surface area contributed by atoms with Crippen LogP contribution in [0.4, 0.5) is 0 Å². The molecule has 1 rings (SSSR count). The van der Waals surface area contributed by atoms with E-state index in [1.807, 2.05) is 25.0 Å². The minimum Gasteiger partial charge on any atom is -0.319 e. The average molecular weight is 195 g/mol. The van der Waals surface area contributed by atoms with E-state index < -0.39 is 0 Å². The maximum Gasteiger partial charge on any atom is 0.0521 e. The number of aryl methyl sites for hydroxylation is 1. The molecule has 0 bridgehead atoms. The Bertz CT molecular complexity index is 265. The van der Waals surface area contributed by atoms with Crippen LogP contribution in [0.5, 0.6) is 0 Å². The normalized spacial score (nSPS) is 13.5. The first kappa shape index (κ1) is 11.2. The van der Waals surface area contributed by atoms with Gasteiger partial charge in [-0.25, -0.2) is 0 Å². The first-order valence-corrected chi connectivity index (χ1v) is 5.25. The number of nitrogens with one attached hydrogen (secondary N) is 1. The molecule has 14 heavy (non-hydrogen) atoms. The van der Waals surface area contributed by atoms with Gasteiger partial charge < -0.3 is 5.32 Å². The molecule has 1 unspecified atom stereocenters. The van der Waals surface area contributed by atoms with Gasteiger partial charge in [-0.3, -0.25) is 4.68 Å². The van der Waals surface area contributed by atoms with E-state index in [2.05, 4.69) is 30.5 Å². The molecule has 0 fully saturated rings. The Morgan fingerprint density at radius 1 is 1.50 bits per heavy atom. The first-order chi connectivity index (χ1) is 6.63. The van der Waals surface area contributed by atoms with Gasteiger partial charge in [-0.05, 0) is 37.4 Å². The van der Waals surface area contributed by atoms with Gasteiger partial charge in [-0.2, -0.15) is 5.10 Å². The van der Waals surface area contributed by atoms with Crippen LogP contribution in [0.25, 0.3) is 0 Å². The van der Waals surface area contributed by atoms with Gasteiger partial charge in [-0.15, -0.1) is 0 Å². The maximum atomic E-state index is 4.19. The lowest BCUT2D eigenvalue weighted by molar-refractivity contribution is 0.370. The molecule has 1 heterocycles. The first-order valence-electron chi connectivity index (χ1n) is 5.25. The molecule has 0 spiro atoms. The van der Waals surface area contributed by atoms with Crippen LogP contribution in [-0.2, 0) is 13.5 Å². The molecule has 0 aliphatic rings. The Labute approximate surface area is 86.5 Å². The Kier molecular flexibility index (Phi) is 4.14. The smallest absolute Gasteiger partial charge is 0.0521 e. The zero-order valence-corrected chi connectivity index (χ0v) is 9.62. The maximum absolute atomic E-state index is 4.19. The van der Waals surface area contributed by atoms with Gasteiger partial charge in [0.05, 0.1) is 6.20 Å². The van der Waals surface area contributed by atoms with E-state index in [0.29, 0.717) is 11.8 Å². The van der Waals surface area contributed by atoms with Gasteiger partial charge in [0.1, 0.15) is 0 Å². The predicted molar refractivity (Wildman–Crippen MR) is 59.2 cm³/mol. The molecule has 3 nitrogen and oxygen atoms in total. The molecule has 0 aliphatic heterocycles. The summed E-state index contributed by atoms with van der Waals surface area (Å²) in [5, 5.41) is 7.43. The zero-order valence-electron chi connectivity index (χ0n) is 9.62. The molecule has 0 amide bonds. The molecule has 3 heteroatoms. The molecule has 1 aromatic rings. The van der Waals surface area contributed by atoms with E-state index in [1.165, 1.54) is 5.56 Å². The number of rotatable bonds is 5. The molecule has 80 valence electrons. The predicted octanol–water partition coefficient (Wildman–Crippen LogP) is 1.45. The largest absolute Gasteiger partial charge is 0.319 e. The quantitative estimate of drug-likeness (QED) is 0.770. The number of nitrogens with zero attached hydrogens (tertiary/aromatic N) is 2. The minimum atomic E-state index is 0.698. The Hall–Kier alpha value is -0.830. The Morgan fingerprint density at radius 2 is 2.21 bits per heavy atom. The molecule has 1 atom stereocenters. The van der Waals surface area contributed by atoms with Crippen molar-refractivity contribution >= 4 is 0 Å². The summed E-state index contributed by atoms with van der Waals surface area (Å²) in [4.78, 5) is 0. The van der Waals surface area contributed by atoms with Gasteiger partial charge in [0, 0.05) is 13.2 Å². The third-order valence-corrected chi connectivity index (χ3v) is 2.67. The van der Waals surface area contributed by atoms with Gasteiger partial charge in [-0.1, -0.05) is 13.8 Å². The average Bonchev–Trinajstić information content (AvgIpc) is 2.50. The summed E-state index contributed by atoms with van der Waals surface area (Å²) in [5.74, 6) is 1.41. The second-order valence-electron chi connectivity index (χ2n) is 4.29.